The highest BCUT2D eigenvalue weighted by atomic mass is 79.9. The average molecular weight is 633 g/mol. The van der Waals surface area contributed by atoms with Crippen LogP contribution in [0.25, 0.3) is 64.7 Å². The van der Waals surface area contributed by atoms with Crippen LogP contribution in [0.2, 0.25) is 0 Å². The predicted molar refractivity (Wildman–Crippen MR) is 184 cm³/mol. The van der Waals surface area contributed by atoms with Gasteiger partial charge in [0.15, 0.2) is 0 Å². The summed E-state index contributed by atoms with van der Waals surface area (Å²) in [6.45, 7) is 0. The van der Waals surface area contributed by atoms with Crippen LogP contribution in [0.1, 0.15) is 17.3 Å². The molecule has 1 atom stereocenters. The number of halogens is 1. The number of aromatic nitrogens is 1. The fraction of sp³-hybridized carbons (Fsp3) is 0.0263. The van der Waals surface area contributed by atoms with Gasteiger partial charge < -0.3 is 9.72 Å². The molecule has 0 bridgehead atoms. The van der Waals surface area contributed by atoms with Gasteiger partial charge in [0.1, 0.15) is 6.17 Å². The van der Waals surface area contributed by atoms with E-state index in [-0.39, 0.29) is 6.17 Å². The van der Waals surface area contributed by atoms with Crippen molar-refractivity contribution in [2.24, 2.45) is 4.99 Å². The minimum absolute atomic E-state index is 0.212. The summed E-state index contributed by atoms with van der Waals surface area (Å²) in [4.78, 5) is 5.38. The molecule has 0 spiro atoms. The number of benzene rings is 6. The SMILES string of the molecule is Brc1ccc2ccc3c4ccc(C5N=c6c(sc7ccccc67)=C(c6ccccc6)N5)cc4n4c5ccccc5c1c2c34. The molecule has 0 aliphatic carbocycles. The van der Waals surface area contributed by atoms with Gasteiger partial charge in [-0.1, -0.05) is 113 Å². The van der Waals surface area contributed by atoms with Gasteiger partial charge in [0.2, 0.25) is 0 Å². The van der Waals surface area contributed by atoms with Crippen molar-refractivity contribution in [3.63, 3.8) is 0 Å². The van der Waals surface area contributed by atoms with Gasteiger partial charge in [0, 0.05) is 41.5 Å². The second-order valence-electron chi connectivity index (χ2n) is 11.3. The van der Waals surface area contributed by atoms with Crippen LogP contribution in [0.15, 0.2) is 131 Å². The van der Waals surface area contributed by atoms with Crippen molar-refractivity contribution >= 4 is 91.9 Å². The lowest BCUT2D eigenvalue weighted by molar-refractivity contribution is 0.640. The number of fused-ring (bicyclic) bond motifs is 9. The molecule has 202 valence electrons. The molecular formula is C38H22BrN3S. The first-order valence-corrected chi connectivity index (χ1v) is 16.1. The Hall–Kier alpha value is -4.71. The van der Waals surface area contributed by atoms with Crippen molar-refractivity contribution in [3.8, 4) is 0 Å². The maximum absolute atomic E-state index is 5.38. The minimum Gasteiger partial charge on any atom is -0.358 e. The van der Waals surface area contributed by atoms with Gasteiger partial charge in [-0.2, -0.15) is 0 Å². The number of nitrogens with one attached hydrogen (secondary N) is 1. The number of nitrogens with zero attached hydrogens (tertiary/aromatic N) is 2. The standard InChI is InChI=1S/C38H22BrN3S/c39-28-19-16-21-14-18-25-24-17-15-23(20-30(24)42-29-12-6-4-10-26(29)33(28)32(21)36(25)42)38-40-34(22-8-2-1-3-9-22)37-35(41-38)27-11-5-7-13-31(27)43-37/h1-20,38,40H. The van der Waals surface area contributed by atoms with Gasteiger partial charge >= 0.3 is 0 Å². The lowest BCUT2D eigenvalue weighted by Crippen LogP contribution is -2.37. The number of rotatable bonds is 2. The zero-order chi connectivity index (χ0) is 28.2. The summed E-state index contributed by atoms with van der Waals surface area (Å²) in [7, 11) is 0. The topological polar surface area (TPSA) is 28.8 Å². The van der Waals surface area contributed by atoms with Crippen molar-refractivity contribution in [2.45, 2.75) is 6.17 Å². The van der Waals surface area contributed by atoms with Crippen molar-refractivity contribution in [1.29, 1.82) is 0 Å². The van der Waals surface area contributed by atoms with E-state index in [4.69, 9.17) is 4.99 Å². The third-order valence-electron chi connectivity index (χ3n) is 9.01. The molecule has 5 heteroatoms. The van der Waals surface area contributed by atoms with E-state index in [2.05, 4.69) is 147 Å². The number of pyridine rings is 1. The quantitative estimate of drug-likeness (QED) is 0.150. The van der Waals surface area contributed by atoms with Gasteiger partial charge in [-0.15, -0.1) is 11.3 Å². The molecule has 1 unspecified atom stereocenters. The van der Waals surface area contributed by atoms with E-state index >= 15 is 0 Å². The average Bonchev–Trinajstić information content (AvgIpc) is 3.61. The first kappa shape index (κ1) is 23.8. The van der Waals surface area contributed by atoms with E-state index in [1.54, 1.807) is 0 Å². The van der Waals surface area contributed by atoms with Crippen molar-refractivity contribution in [1.82, 2.24) is 9.72 Å². The molecule has 1 aliphatic rings. The molecule has 1 aliphatic heterocycles. The molecule has 0 fully saturated rings. The molecule has 6 aromatic carbocycles. The summed E-state index contributed by atoms with van der Waals surface area (Å²) in [6.07, 6.45) is -0.212. The van der Waals surface area contributed by atoms with Crippen LogP contribution >= 0.6 is 27.3 Å². The molecule has 4 heterocycles. The Morgan fingerprint density at radius 1 is 0.674 bits per heavy atom. The van der Waals surface area contributed by atoms with E-state index in [1.807, 2.05) is 11.3 Å². The molecule has 43 heavy (non-hydrogen) atoms. The zero-order valence-electron chi connectivity index (χ0n) is 22.8. The predicted octanol–water partition coefficient (Wildman–Crippen LogP) is 9.05. The maximum Gasteiger partial charge on any atom is 0.145 e. The number of thiophene rings is 1. The molecule has 0 radical (unpaired) electrons. The first-order valence-electron chi connectivity index (χ1n) is 14.5. The molecule has 0 amide bonds. The lowest BCUT2D eigenvalue weighted by Gasteiger charge is -2.22. The van der Waals surface area contributed by atoms with Crippen LogP contribution in [0, 0.1) is 0 Å². The third kappa shape index (κ3) is 3.21. The fourth-order valence-corrected chi connectivity index (χ4v) is 8.86. The molecule has 0 saturated heterocycles. The van der Waals surface area contributed by atoms with Crippen LogP contribution in [0.3, 0.4) is 0 Å². The van der Waals surface area contributed by atoms with Crippen molar-refractivity contribution in [2.75, 3.05) is 0 Å². The lowest BCUT2D eigenvalue weighted by atomic mass is 9.98. The molecule has 3 nitrogen and oxygen atoms in total. The second kappa shape index (κ2) is 8.66. The van der Waals surface area contributed by atoms with Crippen molar-refractivity contribution in [3.05, 3.63) is 147 Å². The summed E-state index contributed by atoms with van der Waals surface area (Å²) in [5.41, 5.74) is 7.16. The van der Waals surface area contributed by atoms with Gasteiger partial charge in [0.05, 0.1) is 32.1 Å². The molecule has 10 rings (SSSR count). The van der Waals surface area contributed by atoms with E-state index < -0.39 is 0 Å². The zero-order valence-corrected chi connectivity index (χ0v) is 25.2. The summed E-state index contributed by atoms with van der Waals surface area (Å²) in [5.74, 6) is 0. The molecular weight excluding hydrogens is 610 g/mol. The fourth-order valence-electron chi connectivity index (χ4n) is 7.14. The summed E-state index contributed by atoms with van der Waals surface area (Å²) >= 11 is 5.70. The van der Waals surface area contributed by atoms with E-state index in [0.717, 1.165) is 21.1 Å². The van der Waals surface area contributed by atoms with Crippen LogP contribution in [-0.4, -0.2) is 4.40 Å². The summed E-state index contributed by atoms with van der Waals surface area (Å²) in [6, 6.07) is 43.9. The Labute approximate surface area is 258 Å². The summed E-state index contributed by atoms with van der Waals surface area (Å²) in [5, 5.41) is 13.8. The van der Waals surface area contributed by atoms with E-state index in [1.165, 1.54) is 69.0 Å². The second-order valence-corrected chi connectivity index (χ2v) is 13.2. The molecule has 3 aromatic heterocycles. The Morgan fingerprint density at radius 3 is 2.35 bits per heavy atom. The van der Waals surface area contributed by atoms with Gasteiger partial charge in [-0.3, -0.25) is 4.99 Å². The molecule has 9 aromatic rings. The Kier molecular flexibility index (Phi) is 4.80. The Balaban J connectivity index is 1.29. The van der Waals surface area contributed by atoms with E-state index in [9.17, 15) is 0 Å². The van der Waals surface area contributed by atoms with Crippen LogP contribution in [0.5, 0.6) is 0 Å². The largest absolute Gasteiger partial charge is 0.358 e. The minimum atomic E-state index is -0.212. The van der Waals surface area contributed by atoms with Gasteiger partial charge in [-0.25, -0.2) is 0 Å². The van der Waals surface area contributed by atoms with Gasteiger partial charge in [-0.05, 0) is 40.8 Å². The highest BCUT2D eigenvalue weighted by Crippen LogP contribution is 2.44. The molecule has 1 N–H and O–H groups in total. The highest BCUT2D eigenvalue weighted by molar-refractivity contribution is 9.10. The number of para-hydroxylation sites is 1. The van der Waals surface area contributed by atoms with E-state index in [0.29, 0.717) is 0 Å². The van der Waals surface area contributed by atoms with Crippen LogP contribution < -0.4 is 15.2 Å². The summed E-state index contributed by atoms with van der Waals surface area (Å²) < 4.78 is 6.06. The first-order chi connectivity index (χ1) is 21.2. The monoisotopic (exact) mass is 631 g/mol. The number of hydrogen-bond donors (Lipinski definition) is 1. The third-order valence-corrected chi connectivity index (χ3v) is 10.9. The van der Waals surface area contributed by atoms with Crippen LogP contribution in [-0.2, 0) is 0 Å². The Bertz CT molecular complexity index is 2720. The smallest absolute Gasteiger partial charge is 0.145 e. The normalized spacial score (nSPS) is 15.2. The Morgan fingerprint density at radius 2 is 1.44 bits per heavy atom. The van der Waals surface area contributed by atoms with Crippen molar-refractivity contribution < 1.29 is 0 Å². The van der Waals surface area contributed by atoms with Crippen LogP contribution in [0.4, 0.5) is 0 Å². The maximum atomic E-state index is 5.38. The highest BCUT2D eigenvalue weighted by Gasteiger charge is 2.23. The van der Waals surface area contributed by atoms with Gasteiger partial charge in [0.25, 0.3) is 0 Å². The number of hydrogen-bond acceptors (Lipinski definition) is 3. The molecule has 0 saturated carbocycles.